The fraction of sp³-hybridized carbons (Fsp3) is 0.188. The maximum atomic E-state index is 14.3. The number of halogens is 3. The van der Waals surface area contributed by atoms with Crippen molar-refractivity contribution in [3.05, 3.63) is 130 Å². The molecule has 0 unspecified atom stereocenters. The third kappa shape index (κ3) is 7.73. The van der Waals surface area contributed by atoms with E-state index in [2.05, 4.69) is 5.32 Å². The largest absolute Gasteiger partial charge is 0.357 e. The number of benzene rings is 4. The predicted octanol–water partition coefficient (Wildman–Crippen LogP) is 6.02. The van der Waals surface area contributed by atoms with Crippen molar-refractivity contribution in [3.63, 3.8) is 0 Å². The summed E-state index contributed by atoms with van der Waals surface area (Å²) in [5.41, 5.74) is 2.10. The first-order chi connectivity index (χ1) is 20.5. The van der Waals surface area contributed by atoms with Crippen molar-refractivity contribution in [2.75, 3.05) is 17.9 Å². The molecule has 224 valence electrons. The average Bonchev–Trinajstić information content (AvgIpc) is 2.99. The Morgan fingerprint density at radius 3 is 2.05 bits per heavy atom. The van der Waals surface area contributed by atoms with Crippen LogP contribution in [0, 0.1) is 12.7 Å². The highest BCUT2D eigenvalue weighted by Gasteiger charge is 2.35. The van der Waals surface area contributed by atoms with E-state index in [0.717, 1.165) is 27.6 Å². The lowest BCUT2D eigenvalue weighted by atomic mass is 10.0. The lowest BCUT2D eigenvalue weighted by Gasteiger charge is -2.34. The second-order valence-corrected chi connectivity index (χ2v) is 12.5. The summed E-state index contributed by atoms with van der Waals surface area (Å²) >= 11 is 12.9. The summed E-state index contributed by atoms with van der Waals surface area (Å²) in [4.78, 5) is 28.8. The fourth-order valence-corrected chi connectivity index (χ4v) is 6.48. The molecule has 0 aliphatic carbocycles. The van der Waals surface area contributed by atoms with E-state index in [-0.39, 0.29) is 33.6 Å². The Labute approximate surface area is 260 Å². The zero-order valence-electron chi connectivity index (χ0n) is 23.5. The lowest BCUT2D eigenvalue weighted by molar-refractivity contribution is -0.139. The Morgan fingerprint density at radius 2 is 1.47 bits per heavy atom. The Morgan fingerprint density at radius 1 is 0.860 bits per heavy atom. The van der Waals surface area contributed by atoms with E-state index < -0.39 is 40.2 Å². The SMILES string of the molecule is CNC(=O)[C@@H](Cc1ccccc1)N(Cc1c(Cl)cccc1Cl)C(=O)CN(c1ccc(F)cc1)S(=O)(=O)c1ccc(C)cc1. The van der Waals surface area contributed by atoms with E-state index in [4.69, 9.17) is 23.2 Å². The van der Waals surface area contributed by atoms with Crippen LogP contribution in [0.2, 0.25) is 10.0 Å². The molecule has 0 spiro atoms. The van der Waals surface area contributed by atoms with Crippen LogP contribution in [0.25, 0.3) is 0 Å². The van der Waals surface area contributed by atoms with Crippen molar-refractivity contribution < 1.29 is 22.4 Å². The molecule has 0 saturated carbocycles. The summed E-state index contributed by atoms with van der Waals surface area (Å²) in [5.74, 6) is -1.73. The van der Waals surface area contributed by atoms with Crippen molar-refractivity contribution in [3.8, 4) is 0 Å². The number of hydrogen-bond acceptors (Lipinski definition) is 4. The summed E-state index contributed by atoms with van der Waals surface area (Å²) in [5, 5.41) is 3.18. The van der Waals surface area contributed by atoms with E-state index in [1.54, 1.807) is 30.3 Å². The number of nitrogens with zero attached hydrogens (tertiary/aromatic N) is 2. The molecule has 0 aliphatic heterocycles. The molecule has 1 atom stereocenters. The molecular weight excluding hydrogens is 612 g/mol. The van der Waals surface area contributed by atoms with E-state index in [0.29, 0.717) is 5.56 Å². The van der Waals surface area contributed by atoms with Gasteiger partial charge in [0.05, 0.1) is 10.6 Å². The summed E-state index contributed by atoms with van der Waals surface area (Å²) in [7, 11) is -2.84. The van der Waals surface area contributed by atoms with Crippen LogP contribution in [0.5, 0.6) is 0 Å². The predicted molar refractivity (Wildman–Crippen MR) is 167 cm³/mol. The maximum absolute atomic E-state index is 14.3. The normalized spacial score (nSPS) is 11.9. The highest BCUT2D eigenvalue weighted by molar-refractivity contribution is 7.92. The van der Waals surface area contributed by atoms with Crippen LogP contribution in [0.15, 0.2) is 102 Å². The van der Waals surface area contributed by atoms with Gasteiger partial charge in [-0.1, -0.05) is 77.3 Å². The Hall–Kier alpha value is -3.92. The van der Waals surface area contributed by atoms with Gasteiger partial charge < -0.3 is 10.2 Å². The summed E-state index contributed by atoms with van der Waals surface area (Å²) < 4.78 is 42.6. The number of amides is 2. The zero-order valence-corrected chi connectivity index (χ0v) is 25.8. The van der Waals surface area contributed by atoms with Gasteiger partial charge in [-0.3, -0.25) is 13.9 Å². The number of anilines is 1. The molecule has 0 saturated heterocycles. The van der Waals surface area contributed by atoms with Crippen LogP contribution in [0.4, 0.5) is 10.1 Å². The average molecular weight is 643 g/mol. The third-order valence-electron chi connectivity index (χ3n) is 6.91. The minimum atomic E-state index is -4.30. The van der Waals surface area contributed by atoms with E-state index >= 15 is 0 Å². The number of likely N-dealkylation sites (N-methyl/N-ethyl adjacent to an activating group) is 1. The van der Waals surface area contributed by atoms with Crippen LogP contribution in [0.3, 0.4) is 0 Å². The van der Waals surface area contributed by atoms with Crippen LogP contribution >= 0.6 is 23.2 Å². The fourth-order valence-electron chi connectivity index (χ4n) is 4.55. The van der Waals surface area contributed by atoms with Crippen molar-refractivity contribution in [2.24, 2.45) is 0 Å². The van der Waals surface area contributed by atoms with E-state index in [9.17, 15) is 22.4 Å². The first-order valence-electron chi connectivity index (χ1n) is 13.3. The van der Waals surface area contributed by atoms with E-state index in [1.165, 1.54) is 36.2 Å². The van der Waals surface area contributed by atoms with Crippen molar-refractivity contribution in [1.82, 2.24) is 10.2 Å². The molecule has 43 heavy (non-hydrogen) atoms. The number of aryl methyl sites for hydroxylation is 1. The zero-order chi connectivity index (χ0) is 31.1. The van der Waals surface area contributed by atoms with Gasteiger partial charge in [0.2, 0.25) is 11.8 Å². The smallest absolute Gasteiger partial charge is 0.264 e. The number of rotatable bonds is 11. The third-order valence-corrected chi connectivity index (χ3v) is 9.41. The number of sulfonamides is 1. The minimum absolute atomic E-state index is 0.0527. The highest BCUT2D eigenvalue weighted by Crippen LogP contribution is 2.29. The Kier molecular flexibility index (Phi) is 10.4. The van der Waals surface area contributed by atoms with Gasteiger partial charge in [-0.25, -0.2) is 12.8 Å². The maximum Gasteiger partial charge on any atom is 0.264 e. The lowest BCUT2D eigenvalue weighted by Crippen LogP contribution is -2.53. The number of nitrogens with one attached hydrogen (secondary N) is 1. The molecule has 0 heterocycles. The highest BCUT2D eigenvalue weighted by atomic mass is 35.5. The molecule has 0 fully saturated rings. The molecule has 4 aromatic rings. The summed E-state index contributed by atoms with van der Waals surface area (Å²) in [6.07, 6.45) is 0.135. The van der Waals surface area contributed by atoms with Crippen LogP contribution in [-0.4, -0.2) is 44.8 Å². The Bertz CT molecular complexity index is 1670. The molecule has 2 amide bonds. The molecule has 1 N–H and O–H groups in total. The Balaban J connectivity index is 1.81. The van der Waals surface area contributed by atoms with Gasteiger partial charge in [0.1, 0.15) is 18.4 Å². The quantitative estimate of drug-likeness (QED) is 0.217. The van der Waals surface area contributed by atoms with Gasteiger partial charge in [-0.15, -0.1) is 0 Å². The van der Waals surface area contributed by atoms with Gasteiger partial charge >= 0.3 is 0 Å². The second kappa shape index (κ2) is 14.0. The molecule has 0 bridgehead atoms. The second-order valence-electron chi connectivity index (χ2n) is 9.84. The topological polar surface area (TPSA) is 86.8 Å². The van der Waals surface area contributed by atoms with Gasteiger partial charge in [0.15, 0.2) is 0 Å². The van der Waals surface area contributed by atoms with Crippen LogP contribution in [-0.2, 0) is 32.6 Å². The first-order valence-corrected chi connectivity index (χ1v) is 15.5. The molecule has 4 aromatic carbocycles. The molecule has 4 rings (SSSR count). The van der Waals surface area contributed by atoms with E-state index in [1.807, 2.05) is 37.3 Å². The molecule has 0 aliphatic rings. The summed E-state index contributed by atoms with van der Waals surface area (Å²) in [6, 6.07) is 23.9. The molecule has 0 radical (unpaired) electrons. The molecule has 0 aromatic heterocycles. The number of hydrogen-bond donors (Lipinski definition) is 1. The summed E-state index contributed by atoms with van der Waals surface area (Å²) in [6.45, 7) is 0.956. The van der Waals surface area contributed by atoms with Crippen molar-refractivity contribution in [1.29, 1.82) is 0 Å². The van der Waals surface area contributed by atoms with Gasteiger partial charge in [0, 0.05) is 35.6 Å². The molecule has 11 heteroatoms. The molecule has 7 nitrogen and oxygen atoms in total. The van der Waals surface area contributed by atoms with Gasteiger partial charge in [-0.05, 0) is 61.0 Å². The van der Waals surface area contributed by atoms with Crippen molar-refractivity contribution >= 4 is 50.7 Å². The van der Waals surface area contributed by atoms with Gasteiger partial charge in [-0.2, -0.15) is 0 Å². The minimum Gasteiger partial charge on any atom is -0.357 e. The standard InChI is InChI=1S/C32H30Cl2FN3O4S/c1-22-11-17-26(18-12-22)43(41,42)38(25-15-13-24(35)14-16-25)21-31(39)37(20-27-28(33)9-6-10-29(27)34)30(32(40)36-2)19-23-7-4-3-5-8-23/h3-18,30H,19-21H2,1-2H3,(H,36,40)/t30-/m1/s1. The monoisotopic (exact) mass is 641 g/mol. The van der Waals surface area contributed by atoms with Gasteiger partial charge in [0.25, 0.3) is 10.0 Å². The van der Waals surface area contributed by atoms with Crippen molar-refractivity contribution in [2.45, 2.75) is 30.8 Å². The number of carbonyl (C=O) groups excluding carboxylic acids is 2. The molecular formula is C32H30Cl2FN3O4S. The van der Waals surface area contributed by atoms with Crippen LogP contribution < -0.4 is 9.62 Å². The first kappa shape index (κ1) is 32.0. The number of carbonyl (C=O) groups is 2. The van der Waals surface area contributed by atoms with Crippen LogP contribution in [0.1, 0.15) is 16.7 Å².